The van der Waals surface area contributed by atoms with Crippen LogP contribution in [0.2, 0.25) is 15.1 Å². The fourth-order valence-electron chi connectivity index (χ4n) is 2.19. The first kappa shape index (κ1) is 18.1. The molecule has 0 spiro atoms. The molecule has 1 atom stereocenters. The molecule has 23 heavy (non-hydrogen) atoms. The smallest absolute Gasteiger partial charge is 0.275 e. The highest BCUT2D eigenvalue weighted by atomic mass is 35.5. The molecular weight excluding hydrogens is 355 g/mol. The van der Waals surface area contributed by atoms with Crippen LogP contribution in [0.5, 0.6) is 0 Å². The zero-order valence-corrected chi connectivity index (χ0v) is 14.9. The zero-order valence-electron chi connectivity index (χ0n) is 12.7. The van der Waals surface area contributed by atoms with Crippen LogP contribution in [-0.4, -0.2) is 12.5 Å². The Morgan fingerprint density at radius 3 is 2.57 bits per heavy atom. The third kappa shape index (κ3) is 5.40. The summed E-state index contributed by atoms with van der Waals surface area (Å²) < 4.78 is 0. The number of hydrogen-bond donors (Lipinski definition) is 2. The van der Waals surface area contributed by atoms with Crippen LogP contribution in [-0.2, 0) is 11.3 Å². The van der Waals surface area contributed by atoms with Crippen molar-refractivity contribution in [1.29, 1.82) is 0 Å². The Kier molecular flexibility index (Phi) is 6.72. The number of quaternary nitrogens is 1. The van der Waals surface area contributed by atoms with Crippen LogP contribution in [0.25, 0.3) is 0 Å². The summed E-state index contributed by atoms with van der Waals surface area (Å²) in [5.74, 6) is -0.0538. The molecule has 0 aromatic heterocycles. The van der Waals surface area contributed by atoms with E-state index in [2.05, 4.69) is 5.32 Å². The van der Waals surface area contributed by atoms with Crippen molar-refractivity contribution < 1.29 is 10.1 Å². The minimum absolute atomic E-state index is 0.0538. The molecule has 1 amide bonds. The van der Waals surface area contributed by atoms with Gasteiger partial charge in [0.25, 0.3) is 5.91 Å². The molecule has 6 heteroatoms. The minimum atomic E-state index is -0.0538. The summed E-state index contributed by atoms with van der Waals surface area (Å²) in [5, 5.41) is 6.65. The number of benzene rings is 2. The molecule has 2 aromatic carbocycles. The third-order valence-electron chi connectivity index (χ3n) is 3.54. The fourth-order valence-corrected chi connectivity index (χ4v) is 2.97. The summed E-state index contributed by atoms with van der Waals surface area (Å²) in [4.78, 5) is 12.0. The summed E-state index contributed by atoms with van der Waals surface area (Å²) in [6.07, 6.45) is 0. The average molecular weight is 373 g/mol. The van der Waals surface area contributed by atoms with Gasteiger partial charge in [0.15, 0.2) is 6.54 Å². The number of halogens is 3. The first-order chi connectivity index (χ1) is 11.0. The average Bonchev–Trinajstić information content (AvgIpc) is 2.52. The van der Waals surface area contributed by atoms with Crippen molar-refractivity contribution in [2.24, 2.45) is 0 Å². The van der Waals surface area contributed by atoms with Crippen molar-refractivity contribution in [2.45, 2.75) is 19.5 Å². The quantitative estimate of drug-likeness (QED) is 0.800. The summed E-state index contributed by atoms with van der Waals surface area (Å²) >= 11 is 18.1. The van der Waals surface area contributed by atoms with Crippen LogP contribution < -0.4 is 10.6 Å². The lowest BCUT2D eigenvalue weighted by Gasteiger charge is -2.13. The lowest BCUT2D eigenvalue weighted by atomic mass is 10.1. The predicted octanol–water partition coefficient (Wildman–Crippen LogP) is 3.59. The van der Waals surface area contributed by atoms with Crippen LogP contribution in [0.3, 0.4) is 0 Å². The Labute approximate surface area is 150 Å². The fraction of sp³-hybridized carbons (Fsp3) is 0.235. The Morgan fingerprint density at radius 2 is 1.87 bits per heavy atom. The van der Waals surface area contributed by atoms with Gasteiger partial charge >= 0.3 is 0 Å². The topological polar surface area (TPSA) is 45.7 Å². The van der Waals surface area contributed by atoms with Crippen molar-refractivity contribution >= 4 is 40.7 Å². The number of hydrogen-bond acceptors (Lipinski definition) is 1. The Hall–Kier alpha value is -1.26. The highest BCUT2D eigenvalue weighted by molar-refractivity contribution is 6.35. The first-order valence-electron chi connectivity index (χ1n) is 7.25. The highest BCUT2D eigenvalue weighted by Gasteiger charge is 2.14. The second-order valence-corrected chi connectivity index (χ2v) is 6.51. The number of carbonyl (C=O) groups is 1. The van der Waals surface area contributed by atoms with E-state index in [0.717, 1.165) is 11.1 Å². The summed E-state index contributed by atoms with van der Waals surface area (Å²) in [6.45, 7) is 2.73. The molecule has 3 nitrogen and oxygen atoms in total. The van der Waals surface area contributed by atoms with Gasteiger partial charge in [-0.25, -0.2) is 0 Å². The van der Waals surface area contributed by atoms with Crippen LogP contribution in [0.15, 0.2) is 42.5 Å². The Balaban J connectivity index is 1.83. The molecule has 0 saturated carbocycles. The van der Waals surface area contributed by atoms with Gasteiger partial charge in [0.1, 0.15) is 6.04 Å². The molecule has 0 bridgehead atoms. The molecule has 3 N–H and O–H groups in total. The third-order valence-corrected chi connectivity index (χ3v) is 4.47. The van der Waals surface area contributed by atoms with Crippen LogP contribution in [0, 0.1) is 0 Å². The van der Waals surface area contributed by atoms with Gasteiger partial charge in [-0.2, -0.15) is 0 Å². The van der Waals surface area contributed by atoms with Gasteiger partial charge < -0.3 is 10.6 Å². The van der Waals surface area contributed by atoms with E-state index in [1.807, 2.05) is 36.5 Å². The lowest BCUT2D eigenvalue weighted by molar-refractivity contribution is -0.682. The van der Waals surface area contributed by atoms with Crippen molar-refractivity contribution in [2.75, 3.05) is 6.54 Å². The van der Waals surface area contributed by atoms with Gasteiger partial charge in [-0.1, -0.05) is 59.1 Å². The summed E-state index contributed by atoms with van der Waals surface area (Å²) in [7, 11) is 0. The molecule has 0 fully saturated rings. The molecule has 2 rings (SSSR count). The van der Waals surface area contributed by atoms with Gasteiger partial charge in [0.05, 0.1) is 5.02 Å². The van der Waals surface area contributed by atoms with Crippen LogP contribution in [0.1, 0.15) is 24.1 Å². The maximum atomic E-state index is 12.0. The molecule has 122 valence electrons. The van der Waals surface area contributed by atoms with E-state index in [9.17, 15) is 4.79 Å². The summed E-state index contributed by atoms with van der Waals surface area (Å²) in [5.41, 5.74) is 1.85. The van der Waals surface area contributed by atoms with E-state index < -0.39 is 0 Å². The van der Waals surface area contributed by atoms with Crippen molar-refractivity contribution in [3.8, 4) is 0 Å². The number of rotatable bonds is 6. The maximum absolute atomic E-state index is 12.0. The molecule has 0 saturated heterocycles. The molecular formula is C17H18Cl3N2O+. The molecule has 0 aliphatic heterocycles. The zero-order chi connectivity index (χ0) is 16.8. The van der Waals surface area contributed by atoms with E-state index in [1.54, 1.807) is 18.2 Å². The van der Waals surface area contributed by atoms with Crippen LogP contribution in [0.4, 0.5) is 0 Å². The molecule has 0 unspecified atom stereocenters. The summed E-state index contributed by atoms with van der Waals surface area (Å²) in [6, 6.07) is 12.9. The van der Waals surface area contributed by atoms with Gasteiger partial charge in [0.2, 0.25) is 0 Å². The minimum Gasteiger partial charge on any atom is -0.347 e. The Bertz CT molecular complexity index is 691. The monoisotopic (exact) mass is 371 g/mol. The second-order valence-electron chi connectivity index (χ2n) is 5.26. The van der Waals surface area contributed by atoms with E-state index in [4.69, 9.17) is 34.8 Å². The van der Waals surface area contributed by atoms with Crippen LogP contribution >= 0.6 is 34.8 Å². The highest BCUT2D eigenvalue weighted by Crippen LogP contribution is 2.24. The number of nitrogens with two attached hydrogens (primary N) is 1. The van der Waals surface area contributed by atoms with Gasteiger partial charge in [0, 0.05) is 22.2 Å². The van der Waals surface area contributed by atoms with Crippen molar-refractivity contribution in [1.82, 2.24) is 5.32 Å². The standard InChI is InChI=1S/C17H17Cl3N2O/c1-11(14-7-6-13(18)8-16(14)20)21-10-17(23)22-9-12-4-2-3-5-15(12)19/h2-8,11,21H,9-10H2,1H3,(H,22,23)/p+1/t11-/m1/s1. The largest absolute Gasteiger partial charge is 0.347 e. The van der Waals surface area contributed by atoms with E-state index in [0.29, 0.717) is 28.2 Å². The van der Waals surface area contributed by atoms with Gasteiger partial charge in [-0.05, 0) is 30.7 Å². The molecule has 0 aliphatic carbocycles. The Morgan fingerprint density at radius 1 is 1.13 bits per heavy atom. The molecule has 2 aromatic rings. The van der Waals surface area contributed by atoms with Gasteiger partial charge in [-0.15, -0.1) is 0 Å². The lowest BCUT2D eigenvalue weighted by Crippen LogP contribution is -2.87. The molecule has 0 aliphatic rings. The van der Waals surface area contributed by atoms with E-state index in [1.165, 1.54) is 0 Å². The number of amides is 1. The SMILES string of the molecule is C[C@@H]([NH2+]CC(=O)NCc1ccccc1Cl)c1ccc(Cl)cc1Cl. The first-order valence-corrected chi connectivity index (χ1v) is 8.39. The number of carbonyl (C=O) groups excluding carboxylic acids is 1. The normalized spacial score (nSPS) is 12.0. The second kappa shape index (κ2) is 8.55. The van der Waals surface area contributed by atoms with Gasteiger partial charge in [-0.3, -0.25) is 4.79 Å². The molecule has 0 radical (unpaired) electrons. The predicted molar refractivity (Wildman–Crippen MR) is 95.0 cm³/mol. The van der Waals surface area contributed by atoms with Crippen molar-refractivity contribution in [3.05, 3.63) is 68.7 Å². The van der Waals surface area contributed by atoms with Crippen molar-refractivity contribution in [3.63, 3.8) is 0 Å². The van der Waals surface area contributed by atoms with E-state index >= 15 is 0 Å². The molecule has 0 heterocycles. The maximum Gasteiger partial charge on any atom is 0.275 e. The number of nitrogens with one attached hydrogen (secondary N) is 1. The van der Waals surface area contributed by atoms with E-state index in [-0.39, 0.29) is 11.9 Å².